The smallest absolute Gasteiger partial charge is 0.283 e. The molecule has 0 saturated carbocycles. The van der Waals surface area contributed by atoms with Crippen LogP contribution in [0, 0.1) is 0 Å². The quantitative estimate of drug-likeness (QED) is 0.383. The topological polar surface area (TPSA) is 52.7 Å². The summed E-state index contributed by atoms with van der Waals surface area (Å²) >= 11 is 6.08. The molecule has 5 rings (SSSR count). The minimum absolute atomic E-state index is 0.225. The maximum atomic E-state index is 13.6. The number of aromatic nitrogens is 4. The second-order valence-corrected chi connectivity index (χ2v) is 7.66. The monoisotopic (exact) mass is 426 g/mol. The van der Waals surface area contributed by atoms with Crippen molar-refractivity contribution >= 4 is 22.8 Å². The van der Waals surface area contributed by atoms with E-state index in [2.05, 4.69) is 24.0 Å². The molecular weight excluding hydrogens is 408 g/mol. The van der Waals surface area contributed by atoms with E-state index in [0.717, 1.165) is 17.7 Å². The van der Waals surface area contributed by atoms with Crippen LogP contribution in [0.3, 0.4) is 0 Å². The summed E-state index contributed by atoms with van der Waals surface area (Å²) in [5.74, 6) is 0.556. The lowest BCUT2D eigenvalue weighted by atomic mass is 10.1. The molecule has 0 aliphatic heterocycles. The van der Waals surface area contributed by atoms with Crippen molar-refractivity contribution in [1.82, 2.24) is 19.1 Å². The molecule has 2 aromatic heterocycles. The Hall–Kier alpha value is -3.70. The Morgan fingerprint density at radius 2 is 1.58 bits per heavy atom. The van der Waals surface area contributed by atoms with E-state index in [-0.39, 0.29) is 5.56 Å². The van der Waals surface area contributed by atoms with Gasteiger partial charge in [0.2, 0.25) is 0 Å². The standard InChI is InChI=1S/C25H19ClN4O/c1-2-17-8-10-18(11-9-17)23-28-24-22(27-16-29(24)20-6-4-3-5-7-20)25(31)30(23)21-14-12-19(26)13-15-21/h3-16H,2H2,1H3. The Morgan fingerprint density at radius 1 is 0.871 bits per heavy atom. The van der Waals surface area contributed by atoms with Crippen LogP contribution in [0.1, 0.15) is 12.5 Å². The normalized spacial score (nSPS) is 11.2. The summed E-state index contributed by atoms with van der Waals surface area (Å²) < 4.78 is 3.44. The second kappa shape index (κ2) is 7.85. The van der Waals surface area contributed by atoms with Gasteiger partial charge >= 0.3 is 0 Å². The number of aryl methyl sites for hydroxylation is 1. The Kier molecular flexibility index (Phi) is 4.88. The largest absolute Gasteiger partial charge is 0.286 e. The Balaban J connectivity index is 1.82. The van der Waals surface area contributed by atoms with E-state index in [4.69, 9.17) is 16.6 Å². The summed E-state index contributed by atoms with van der Waals surface area (Å²) in [4.78, 5) is 22.9. The molecule has 0 atom stereocenters. The highest BCUT2D eigenvalue weighted by atomic mass is 35.5. The minimum atomic E-state index is -0.225. The minimum Gasteiger partial charge on any atom is -0.283 e. The number of nitrogens with zero attached hydrogens (tertiary/aromatic N) is 4. The van der Waals surface area contributed by atoms with Gasteiger partial charge in [0, 0.05) is 16.3 Å². The lowest BCUT2D eigenvalue weighted by Crippen LogP contribution is -2.22. The first kappa shape index (κ1) is 19.3. The summed E-state index contributed by atoms with van der Waals surface area (Å²) in [5.41, 5.74) is 4.27. The van der Waals surface area contributed by atoms with Crippen molar-refractivity contribution < 1.29 is 0 Å². The maximum absolute atomic E-state index is 13.6. The van der Waals surface area contributed by atoms with Gasteiger partial charge in [-0.2, -0.15) is 0 Å². The molecule has 0 amide bonds. The van der Waals surface area contributed by atoms with Crippen molar-refractivity contribution in [2.24, 2.45) is 0 Å². The number of halogens is 1. The first-order valence-electron chi connectivity index (χ1n) is 10.1. The van der Waals surface area contributed by atoms with Gasteiger partial charge < -0.3 is 0 Å². The SMILES string of the molecule is CCc1ccc(-c2nc3c(ncn3-c3ccccc3)c(=O)n2-c2ccc(Cl)cc2)cc1. The van der Waals surface area contributed by atoms with Crippen molar-refractivity contribution in [2.75, 3.05) is 0 Å². The van der Waals surface area contributed by atoms with Crippen LogP contribution in [0.5, 0.6) is 0 Å². The zero-order chi connectivity index (χ0) is 21.4. The second-order valence-electron chi connectivity index (χ2n) is 7.23. The fraction of sp³-hybridized carbons (Fsp3) is 0.0800. The summed E-state index contributed by atoms with van der Waals surface area (Å²) in [6.45, 7) is 2.11. The van der Waals surface area contributed by atoms with Gasteiger partial charge in [-0.05, 0) is 48.4 Å². The summed E-state index contributed by atoms with van der Waals surface area (Å²) in [5, 5.41) is 0.605. The van der Waals surface area contributed by atoms with E-state index < -0.39 is 0 Å². The molecule has 0 saturated heterocycles. The third kappa shape index (κ3) is 3.43. The average Bonchev–Trinajstić information content (AvgIpc) is 3.25. The molecule has 5 aromatic rings. The van der Waals surface area contributed by atoms with Crippen LogP contribution in [0.4, 0.5) is 0 Å². The van der Waals surface area contributed by atoms with Gasteiger partial charge in [0.1, 0.15) is 12.2 Å². The molecule has 0 radical (unpaired) electrons. The lowest BCUT2D eigenvalue weighted by Gasteiger charge is -2.14. The van der Waals surface area contributed by atoms with Crippen LogP contribution in [0.2, 0.25) is 5.02 Å². The van der Waals surface area contributed by atoms with Crippen molar-refractivity contribution in [1.29, 1.82) is 0 Å². The highest BCUT2D eigenvalue weighted by Gasteiger charge is 2.18. The predicted molar refractivity (Wildman–Crippen MR) is 124 cm³/mol. The molecule has 152 valence electrons. The van der Waals surface area contributed by atoms with Crippen molar-refractivity contribution in [3.8, 4) is 22.8 Å². The van der Waals surface area contributed by atoms with Crippen LogP contribution in [0.25, 0.3) is 33.9 Å². The van der Waals surface area contributed by atoms with Crippen molar-refractivity contribution in [2.45, 2.75) is 13.3 Å². The molecule has 0 fully saturated rings. The highest BCUT2D eigenvalue weighted by Crippen LogP contribution is 2.24. The number of hydrogen-bond donors (Lipinski definition) is 0. The number of hydrogen-bond acceptors (Lipinski definition) is 3. The van der Waals surface area contributed by atoms with Gasteiger partial charge in [-0.15, -0.1) is 0 Å². The molecule has 6 heteroatoms. The van der Waals surface area contributed by atoms with Crippen LogP contribution < -0.4 is 5.56 Å². The fourth-order valence-corrected chi connectivity index (χ4v) is 3.77. The van der Waals surface area contributed by atoms with E-state index in [1.807, 2.05) is 59.2 Å². The Morgan fingerprint density at radius 3 is 2.26 bits per heavy atom. The molecular formula is C25H19ClN4O. The molecule has 0 aliphatic rings. The summed E-state index contributed by atoms with van der Waals surface area (Å²) in [6, 6.07) is 25.0. The molecule has 2 heterocycles. The number of para-hydroxylation sites is 1. The van der Waals surface area contributed by atoms with Crippen LogP contribution in [-0.4, -0.2) is 19.1 Å². The zero-order valence-corrected chi connectivity index (χ0v) is 17.6. The van der Waals surface area contributed by atoms with Crippen molar-refractivity contribution in [3.63, 3.8) is 0 Å². The molecule has 0 bridgehead atoms. The Bertz CT molecular complexity index is 1420. The van der Waals surface area contributed by atoms with Gasteiger partial charge in [0.05, 0.1) is 5.69 Å². The first-order chi connectivity index (χ1) is 15.2. The number of imidazole rings is 1. The molecule has 31 heavy (non-hydrogen) atoms. The van der Waals surface area contributed by atoms with E-state index >= 15 is 0 Å². The van der Waals surface area contributed by atoms with Crippen LogP contribution >= 0.6 is 11.6 Å². The number of rotatable bonds is 4. The number of fused-ring (bicyclic) bond motifs is 1. The highest BCUT2D eigenvalue weighted by molar-refractivity contribution is 6.30. The first-order valence-corrected chi connectivity index (χ1v) is 10.4. The van der Waals surface area contributed by atoms with E-state index in [1.165, 1.54) is 5.56 Å². The van der Waals surface area contributed by atoms with E-state index in [0.29, 0.717) is 27.7 Å². The molecule has 0 spiro atoms. The summed E-state index contributed by atoms with van der Waals surface area (Å²) in [7, 11) is 0. The van der Waals surface area contributed by atoms with E-state index in [9.17, 15) is 4.79 Å². The zero-order valence-electron chi connectivity index (χ0n) is 16.9. The third-order valence-corrected chi connectivity index (χ3v) is 5.56. The Labute approximate surface area is 184 Å². The molecule has 5 nitrogen and oxygen atoms in total. The number of benzene rings is 3. The molecule has 0 aliphatic carbocycles. The molecule has 0 N–H and O–H groups in total. The van der Waals surface area contributed by atoms with Crippen molar-refractivity contribution in [3.05, 3.63) is 106 Å². The maximum Gasteiger partial charge on any atom is 0.286 e. The van der Waals surface area contributed by atoms with Gasteiger partial charge in [-0.1, -0.05) is 61.0 Å². The fourth-order valence-electron chi connectivity index (χ4n) is 3.64. The molecule has 0 unspecified atom stereocenters. The average molecular weight is 427 g/mol. The van der Waals surface area contributed by atoms with E-state index in [1.54, 1.807) is 23.0 Å². The third-order valence-electron chi connectivity index (χ3n) is 5.31. The summed E-state index contributed by atoms with van der Waals surface area (Å²) in [6.07, 6.45) is 2.59. The molecule has 3 aromatic carbocycles. The lowest BCUT2D eigenvalue weighted by molar-refractivity contribution is 0.961. The van der Waals surface area contributed by atoms with Gasteiger partial charge in [-0.25, -0.2) is 9.97 Å². The van der Waals surface area contributed by atoms with Crippen LogP contribution in [0.15, 0.2) is 90.0 Å². The van der Waals surface area contributed by atoms with Crippen LogP contribution in [-0.2, 0) is 6.42 Å². The van der Waals surface area contributed by atoms with Gasteiger partial charge in [0.25, 0.3) is 5.56 Å². The van der Waals surface area contributed by atoms with Gasteiger partial charge in [0.15, 0.2) is 11.2 Å². The predicted octanol–water partition coefficient (Wildman–Crippen LogP) is 5.45. The van der Waals surface area contributed by atoms with Gasteiger partial charge in [-0.3, -0.25) is 13.9 Å².